The van der Waals surface area contributed by atoms with Gasteiger partial charge in [-0.05, 0) is 6.07 Å². The van der Waals surface area contributed by atoms with Crippen LogP contribution in [0.3, 0.4) is 0 Å². The molecule has 6 heteroatoms. The molecule has 18 heavy (non-hydrogen) atoms. The fraction of sp³-hybridized carbons (Fsp3) is 0.500. The minimum absolute atomic E-state index is 0. The minimum atomic E-state index is -0.936. The van der Waals surface area contributed by atoms with Gasteiger partial charge >= 0.3 is 0 Å². The first kappa shape index (κ1) is 15.3. The van der Waals surface area contributed by atoms with Gasteiger partial charge in [0.05, 0.1) is 6.04 Å². The number of alkyl halides is 1. The molecule has 0 aliphatic carbocycles. The second-order valence-corrected chi connectivity index (χ2v) is 4.10. The van der Waals surface area contributed by atoms with Crippen LogP contribution in [-0.2, 0) is 0 Å². The zero-order valence-corrected chi connectivity index (χ0v) is 10.7. The van der Waals surface area contributed by atoms with Gasteiger partial charge in [-0.25, -0.2) is 13.2 Å². The van der Waals surface area contributed by atoms with E-state index in [4.69, 9.17) is 0 Å². The van der Waals surface area contributed by atoms with Crippen molar-refractivity contribution in [2.45, 2.75) is 6.04 Å². The number of halogens is 4. The molecule has 0 unspecified atom stereocenters. The van der Waals surface area contributed by atoms with Crippen LogP contribution in [0.15, 0.2) is 18.2 Å². The minimum Gasteiger partial charge on any atom is -0.314 e. The number of rotatable bonds is 3. The largest absolute Gasteiger partial charge is 0.314 e. The number of hydrogen-bond donors (Lipinski definition) is 1. The Morgan fingerprint density at radius 2 is 1.89 bits per heavy atom. The van der Waals surface area contributed by atoms with Crippen molar-refractivity contribution in [2.24, 2.45) is 0 Å². The van der Waals surface area contributed by atoms with E-state index in [2.05, 4.69) is 5.32 Å². The predicted molar refractivity (Wildman–Crippen MR) is 66.8 cm³/mol. The van der Waals surface area contributed by atoms with Crippen molar-refractivity contribution >= 4 is 12.4 Å². The first-order valence-electron chi connectivity index (χ1n) is 5.68. The molecule has 0 saturated carbocycles. The molecule has 0 bridgehead atoms. The topological polar surface area (TPSA) is 15.3 Å². The third kappa shape index (κ3) is 3.16. The van der Waals surface area contributed by atoms with Gasteiger partial charge < -0.3 is 5.32 Å². The second kappa shape index (κ2) is 6.97. The molecule has 1 aliphatic rings. The Morgan fingerprint density at radius 3 is 2.50 bits per heavy atom. The van der Waals surface area contributed by atoms with E-state index in [1.54, 1.807) is 0 Å². The first-order chi connectivity index (χ1) is 8.24. The zero-order chi connectivity index (χ0) is 12.3. The summed E-state index contributed by atoms with van der Waals surface area (Å²) in [6.45, 7) is 2.07. The molecule has 1 N–H and O–H groups in total. The van der Waals surface area contributed by atoms with Crippen LogP contribution in [0.5, 0.6) is 0 Å². The smallest absolute Gasteiger partial charge is 0.163 e. The second-order valence-electron chi connectivity index (χ2n) is 4.10. The van der Waals surface area contributed by atoms with Gasteiger partial charge in [0.1, 0.15) is 6.67 Å². The van der Waals surface area contributed by atoms with Crippen LogP contribution in [-0.4, -0.2) is 37.8 Å². The van der Waals surface area contributed by atoms with Crippen LogP contribution in [0, 0.1) is 11.6 Å². The van der Waals surface area contributed by atoms with Crippen LogP contribution in [0.1, 0.15) is 11.6 Å². The van der Waals surface area contributed by atoms with Crippen molar-refractivity contribution < 1.29 is 13.2 Å². The molecular weight excluding hydrogens is 265 g/mol. The van der Waals surface area contributed by atoms with Gasteiger partial charge in [-0.1, -0.05) is 12.1 Å². The number of nitrogens with one attached hydrogen (secondary N) is 1. The van der Waals surface area contributed by atoms with Gasteiger partial charge in [0, 0.05) is 31.7 Å². The summed E-state index contributed by atoms with van der Waals surface area (Å²) in [6, 6.07) is 3.22. The average molecular weight is 281 g/mol. The molecule has 1 fully saturated rings. The molecule has 0 amide bonds. The highest BCUT2D eigenvalue weighted by Gasteiger charge is 2.25. The van der Waals surface area contributed by atoms with Gasteiger partial charge in [-0.3, -0.25) is 4.90 Å². The van der Waals surface area contributed by atoms with Crippen molar-refractivity contribution in [1.82, 2.24) is 10.2 Å². The lowest BCUT2D eigenvalue weighted by Gasteiger charge is -2.33. The highest BCUT2D eigenvalue weighted by molar-refractivity contribution is 5.85. The van der Waals surface area contributed by atoms with E-state index >= 15 is 0 Å². The molecule has 1 aromatic rings. The van der Waals surface area contributed by atoms with E-state index < -0.39 is 24.4 Å². The van der Waals surface area contributed by atoms with Gasteiger partial charge in [0.25, 0.3) is 0 Å². The lowest BCUT2D eigenvalue weighted by atomic mass is 10.0. The highest BCUT2D eigenvalue weighted by atomic mass is 35.5. The molecule has 0 spiro atoms. The van der Waals surface area contributed by atoms with E-state index in [0.29, 0.717) is 13.1 Å². The standard InChI is InChI=1S/C12H15F3N2.ClH/c13-8-11(17-6-4-16-5-7-17)9-2-1-3-10(14)12(9)15;/h1-3,11,16H,4-8H2;1H/t11-;/m0./s1. The fourth-order valence-corrected chi connectivity index (χ4v) is 2.15. The van der Waals surface area contributed by atoms with Gasteiger partial charge in [0.2, 0.25) is 0 Å². The third-order valence-electron chi connectivity index (χ3n) is 3.08. The molecule has 1 aromatic carbocycles. The number of benzene rings is 1. The summed E-state index contributed by atoms with van der Waals surface area (Å²) in [4.78, 5) is 1.84. The maximum atomic E-state index is 13.6. The number of hydrogen-bond acceptors (Lipinski definition) is 2. The summed E-state index contributed by atoms with van der Waals surface area (Å²) in [5, 5.41) is 3.14. The van der Waals surface area contributed by atoms with Crippen molar-refractivity contribution in [2.75, 3.05) is 32.9 Å². The number of piperazine rings is 1. The average Bonchev–Trinajstić information content (AvgIpc) is 2.37. The fourth-order valence-electron chi connectivity index (χ4n) is 2.15. The van der Waals surface area contributed by atoms with Gasteiger partial charge in [-0.15, -0.1) is 12.4 Å². The van der Waals surface area contributed by atoms with E-state index in [1.165, 1.54) is 12.1 Å². The van der Waals surface area contributed by atoms with Crippen LogP contribution in [0.2, 0.25) is 0 Å². The quantitative estimate of drug-likeness (QED) is 0.914. The third-order valence-corrected chi connectivity index (χ3v) is 3.08. The van der Waals surface area contributed by atoms with Crippen molar-refractivity contribution in [3.05, 3.63) is 35.4 Å². The number of nitrogens with zero attached hydrogens (tertiary/aromatic N) is 1. The van der Waals surface area contributed by atoms with E-state index in [0.717, 1.165) is 19.2 Å². The molecule has 2 nitrogen and oxygen atoms in total. The predicted octanol–water partition coefficient (Wildman–Crippen LogP) is 2.30. The SMILES string of the molecule is Cl.FC[C@@H](c1cccc(F)c1F)N1CCNCC1. The summed E-state index contributed by atoms with van der Waals surface area (Å²) in [5.74, 6) is -1.86. The zero-order valence-electron chi connectivity index (χ0n) is 9.83. The van der Waals surface area contributed by atoms with E-state index in [9.17, 15) is 13.2 Å². The molecule has 1 heterocycles. The Labute approximate surface area is 111 Å². The molecule has 2 rings (SSSR count). The lowest BCUT2D eigenvalue weighted by Crippen LogP contribution is -2.45. The van der Waals surface area contributed by atoms with Crippen molar-refractivity contribution in [3.8, 4) is 0 Å². The Bertz CT molecular complexity index is 384. The summed E-state index contributed by atoms with van der Waals surface area (Å²) >= 11 is 0. The molecule has 1 atom stereocenters. The molecular formula is C12H16ClF3N2. The molecule has 1 saturated heterocycles. The van der Waals surface area contributed by atoms with Gasteiger partial charge in [-0.2, -0.15) is 0 Å². The summed E-state index contributed by atoms with van der Waals surface area (Å²) in [7, 11) is 0. The van der Waals surface area contributed by atoms with E-state index in [1.807, 2.05) is 4.90 Å². The Balaban J connectivity index is 0.00000162. The van der Waals surface area contributed by atoms with Crippen LogP contribution in [0.25, 0.3) is 0 Å². The summed E-state index contributed by atoms with van der Waals surface area (Å²) in [6.07, 6.45) is 0. The normalized spacial score (nSPS) is 18.2. The molecule has 0 radical (unpaired) electrons. The summed E-state index contributed by atoms with van der Waals surface area (Å²) in [5.41, 5.74) is 0.106. The monoisotopic (exact) mass is 280 g/mol. The van der Waals surface area contributed by atoms with Crippen LogP contribution >= 0.6 is 12.4 Å². The maximum absolute atomic E-state index is 13.6. The molecule has 1 aliphatic heterocycles. The summed E-state index contributed by atoms with van der Waals surface area (Å²) < 4.78 is 39.8. The molecule has 102 valence electrons. The van der Waals surface area contributed by atoms with Gasteiger partial charge in [0.15, 0.2) is 11.6 Å². The lowest BCUT2D eigenvalue weighted by molar-refractivity contribution is 0.144. The van der Waals surface area contributed by atoms with Crippen molar-refractivity contribution in [1.29, 1.82) is 0 Å². The Morgan fingerprint density at radius 1 is 1.22 bits per heavy atom. The first-order valence-corrected chi connectivity index (χ1v) is 5.68. The van der Waals surface area contributed by atoms with Crippen LogP contribution < -0.4 is 5.32 Å². The van der Waals surface area contributed by atoms with Crippen molar-refractivity contribution in [3.63, 3.8) is 0 Å². The van der Waals surface area contributed by atoms with Crippen LogP contribution in [0.4, 0.5) is 13.2 Å². The maximum Gasteiger partial charge on any atom is 0.163 e. The Kier molecular flexibility index (Phi) is 5.91. The molecule has 0 aromatic heterocycles. The Hall–Kier alpha value is -0.780. The van der Waals surface area contributed by atoms with E-state index in [-0.39, 0.29) is 18.0 Å². The highest BCUT2D eigenvalue weighted by Crippen LogP contribution is 2.25.